The van der Waals surface area contributed by atoms with E-state index >= 15 is 0 Å². The van der Waals surface area contributed by atoms with Crippen molar-refractivity contribution in [2.75, 3.05) is 17.7 Å². The van der Waals surface area contributed by atoms with Crippen LogP contribution in [0.4, 0.5) is 17.2 Å². The normalized spacial score (nSPS) is 10.1. The number of anilines is 3. The van der Waals surface area contributed by atoms with Crippen molar-refractivity contribution in [1.82, 2.24) is 9.97 Å². The molecule has 0 saturated carbocycles. The summed E-state index contributed by atoms with van der Waals surface area (Å²) in [6.07, 6.45) is 4.91. The van der Waals surface area contributed by atoms with Crippen LogP contribution in [-0.2, 0) is 4.74 Å². The zero-order valence-corrected chi connectivity index (χ0v) is 11.4. The van der Waals surface area contributed by atoms with Crippen LogP contribution >= 0.6 is 0 Å². The Morgan fingerprint density at radius 1 is 1.45 bits per heavy atom. The number of ether oxygens (including phenoxy) is 1. The Morgan fingerprint density at radius 2 is 2.25 bits per heavy atom. The Hall–Kier alpha value is -2.63. The molecule has 0 spiro atoms. The summed E-state index contributed by atoms with van der Waals surface area (Å²) in [7, 11) is 0. The van der Waals surface area contributed by atoms with Gasteiger partial charge in [0, 0.05) is 12.4 Å². The zero-order valence-electron chi connectivity index (χ0n) is 11.4. The van der Waals surface area contributed by atoms with Gasteiger partial charge in [0.25, 0.3) is 0 Å². The standard InChI is InChI=1S/C14H16N4O2/c1-3-20-14(19)11-4-5-17-13(12(11)15)18-10-6-9(2)7-16-8-10/h4-8H,3,15H2,1-2H3,(H,17,18). The van der Waals surface area contributed by atoms with E-state index in [4.69, 9.17) is 10.5 Å². The Labute approximate surface area is 117 Å². The van der Waals surface area contributed by atoms with Crippen LogP contribution < -0.4 is 11.1 Å². The molecule has 6 nitrogen and oxygen atoms in total. The van der Waals surface area contributed by atoms with Gasteiger partial charge in [-0.2, -0.15) is 0 Å². The summed E-state index contributed by atoms with van der Waals surface area (Å²) < 4.78 is 4.95. The maximum absolute atomic E-state index is 11.8. The molecule has 0 amide bonds. The molecule has 0 atom stereocenters. The van der Waals surface area contributed by atoms with Gasteiger partial charge in [0.2, 0.25) is 0 Å². The van der Waals surface area contributed by atoms with E-state index in [-0.39, 0.29) is 5.69 Å². The van der Waals surface area contributed by atoms with Crippen molar-refractivity contribution in [3.63, 3.8) is 0 Å². The van der Waals surface area contributed by atoms with Gasteiger partial charge in [-0.15, -0.1) is 0 Å². The molecule has 20 heavy (non-hydrogen) atoms. The number of aryl methyl sites for hydroxylation is 1. The van der Waals surface area contributed by atoms with Crippen LogP contribution in [-0.4, -0.2) is 22.5 Å². The molecule has 6 heteroatoms. The second kappa shape index (κ2) is 6.01. The molecule has 0 fully saturated rings. The largest absolute Gasteiger partial charge is 0.462 e. The molecule has 104 valence electrons. The van der Waals surface area contributed by atoms with Crippen molar-refractivity contribution in [2.24, 2.45) is 0 Å². The van der Waals surface area contributed by atoms with Gasteiger partial charge >= 0.3 is 5.97 Å². The van der Waals surface area contributed by atoms with E-state index in [9.17, 15) is 4.79 Å². The summed E-state index contributed by atoms with van der Waals surface area (Å²) in [4.78, 5) is 20.0. The minimum Gasteiger partial charge on any atom is -0.462 e. The summed E-state index contributed by atoms with van der Waals surface area (Å²) in [6.45, 7) is 3.97. The minimum absolute atomic E-state index is 0.257. The van der Waals surface area contributed by atoms with Crippen LogP contribution in [0, 0.1) is 6.92 Å². The van der Waals surface area contributed by atoms with Crippen LogP contribution in [0.1, 0.15) is 22.8 Å². The topological polar surface area (TPSA) is 90.1 Å². The Kier molecular flexibility index (Phi) is 4.14. The molecule has 0 saturated heterocycles. The molecule has 2 heterocycles. The minimum atomic E-state index is -0.460. The van der Waals surface area contributed by atoms with E-state index in [2.05, 4.69) is 15.3 Å². The average molecular weight is 272 g/mol. The third kappa shape index (κ3) is 3.03. The summed E-state index contributed by atoms with van der Waals surface area (Å²) in [5.74, 6) is -0.0548. The van der Waals surface area contributed by atoms with E-state index in [1.165, 1.54) is 12.3 Å². The van der Waals surface area contributed by atoms with Gasteiger partial charge in [-0.05, 0) is 31.5 Å². The lowest BCUT2D eigenvalue weighted by Gasteiger charge is -2.11. The van der Waals surface area contributed by atoms with Crippen LogP contribution in [0.3, 0.4) is 0 Å². The monoisotopic (exact) mass is 272 g/mol. The number of nitrogen functional groups attached to an aromatic ring is 1. The van der Waals surface area contributed by atoms with Crippen molar-refractivity contribution in [2.45, 2.75) is 13.8 Å². The predicted molar refractivity (Wildman–Crippen MR) is 76.9 cm³/mol. The number of carbonyl (C=O) groups is 1. The summed E-state index contributed by atoms with van der Waals surface area (Å²) in [5, 5.41) is 3.04. The molecule has 3 N–H and O–H groups in total. The van der Waals surface area contributed by atoms with Crippen molar-refractivity contribution in [3.8, 4) is 0 Å². The van der Waals surface area contributed by atoms with Gasteiger partial charge in [0.05, 0.1) is 29.7 Å². The number of nitrogens with zero attached hydrogens (tertiary/aromatic N) is 2. The third-order valence-electron chi connectivity index (χ3n) is 2.62. The molecule has 0 bridgehead atoms. The van der Waals surface area contributed by atoms with Crippen LogP contribution in [0.15, 0.2) is 30.7 Å². The Morgan fingerprint density at radius 3 is 2.95 bits per heavy atom. The first-order valence-corrected chi connectivity index (χ1v) is 6.22. The molecule has 0 unspecified atom stereocenters. The van der Waals surface area contributed by atoms with Gasteiger partial charge < -0.3 is 15.8 Å². The lowest BCUT2D eigenvalue weighted by molar-refractivity contribution is 0.0527. The summed E-state index contributed by atoms with van der Waals surface area (Å²) in [6, 6.07) is 3.44. The van der Waals surface area contributed by atoms with E-state index < -0.39 is 5.97 Å². The highest BCUT2D eigenvalue weighted by Crippen LogP contribution is 2.24. The van der Waals surface area contributed by atoms with Gasteiger partial charge in [-0.1, -0.05) is 0 Å². The molecule has 0 aliphatic heterocycles. The van der Waals surface area contributed by atoms with E-state index in [0.29, 0.717) is 18.0 Å². The number of nitrogens with one attached hydrogen (secondary N) is 1. The maximum Gasteiger partial charge on any atom is 0.340 e. The number of hydrogen-bond donors (Lipinski definition) is 2. The summed E-state index contributed by atoms with van der Waals surface area (Å²) in [5.41, 5.74) is 8.27. The SMILES string of the molecule is CCOC(=O)c1ccnc(Nc2cncc(C)c2)c1N. The maximum atomic E-state index is 11.8. The molecule has 0 radical (unpaired) electrons. The molecule has 0 aliphatic carbocycles. The number of esters is 1. The van der Waals surface area contributed by atoms with Crippen LogP contribution in [0.2, 0.25) is 0 Å². The number of carbonyl (C=O) groups excluding carboxylic acids is 1. The molecule has 2 aromatic heterocycles. The molecule has 0 aliphatic rings. The van der Waals surface area contributed by atoms with E-state index in [1.54, 1.807) is 19.3 Å². The van der Waals surface area contributed by atoms with Crippen molar-refractivity contribution in [3.05, 3.63) is 41.9 Å². The quantitative estimate of drug-likeness (QED) is 0.830. The highest BCUT2D eigenvalue weighted by Gasteiger charge is 2.14. The van der Waals surface area contributed by atoms with Gasteiger partial charge in [-0.25, -0.2) is 9.78 Å². The first kappa shape index (κ1) is 13.8. The number of hydrogen-bond acceptors (Lipinski definition) is 6. The first-order chi connectivity index (χ1) is 9.61. The second-order valence-corrected chi connectivity index (χ2v) is 4.22. The predicted octanol–water partition coefficient (Wildman–Crippen LogP) is 2.29. The summed E-state index contributed by atoms with van der Waals surface area (Å²) >= 11 is 0. The lowest BCUT2D eigenvalue weighted by Crippen LogP contribution is -2.10. The van der Waals surface area contributed by atoms with E-state index in [0.717, 1.165) is 11.3 Å². The zero-order chi connectivity index (χ0) is 14.5. The van der Waals surface area contributed by atoms with Crippen LogP contribution in [0.25, 0.3) is 0 Å². The van der Waals surface area contributed by atoms with Crippen molar-refractivity contribution >= 4 is 23.2 Å². The smallest absolute Gasteiger partial charge is 0.340 e. The fourth-order valence-electron chi connectivity index (χ4n) is 1.72. The average Bonchev–Trinajstić information content (AvgIpc) is 2.41. The molecule has 2 rings (SSSR count). The Bertz CT molecular complexity index is 628. The molecule has 0 aromatic carbocycles. The fraction of sp³-hybridized carbons (Fsp3) is 0.214. The van der Waals surface area contributed by atoms with Gasteiger partial charge in [0.1, 0.15) is 0 Å². The molecular formula is C14H16N4O2. The third-order valence-corrected chi connectivity index (χ3v) is 2.62. The highest BCUT2D eigenvalue weighted by molar-refractivity contribution is 5.97. The first-order valence-electron chi connectivity index (χ1n) is 6.22. The van der Waals surface area contributed by atoms with E-state index in [1.807, 2.05) is 13.0 Å². The van der Waals surface area contributed by atoms with Crippen molar-refractivity contribution < 1.29 is 9.53 Å². The van der Waals surface area contributed by atoms with Gasteiger partial charge in [0.15, 0.2) is 5.82 Å². The molecule has 2 aromatic rings. The number of pyridine rings is 2. The highest BCUT2D eigenvalue weighted by atomic mass is 16.5. The second-order valence-electron chi connectivity index (χ2n) is 4.22. The van der Waals surface area contributed by atoms with Crippen LogP contribution in [0.5, 0.6) is 0 Å². The van der Waals surface area contributed by atoms with Crippen molar-refractivity contribution in [1.29, 1.82) is 0 Å². The number of aromatic nitrogens is 2. The molecular weight excluding hydrogens is 256 g/mol. The lowest BCUT2D eigenvalue weighted by atomic mass is 10.2. The van der Waals surface area contributed by atoms with Gasteiger partial charge in [-0.3, -0.25) is 4.98 Å². The Balaban J connectivity index is 2.29. The number of rotatable bonds is 4. The number of nitrogens with two attached hydrogens (primary N) is 1. The fourth-order valence-corrected chi connectivity index (χ4v) is 1.72.